The Labute approximate surface area is 183 Å². The Hall–Kier alpha value is -2.96. The molecule has 7 heteroatoms. The number of ether oxygens (including phenoxy) is 1. The summed E-state index contributed by atoms with van der Waals surface area (Å²) >= 11 is 0. The fourth-order valence-electron chi connectivity index (χ4n) is 3.75. The molecule has 2 rings (SSSR count). The molecule has 0 saturated heterocycles. The van der Waals surface area contributed by atoms with Crippen molar-refractivity contribution < 1.29 is 23.5 Å². The highest BCUT2D eigenvalue weighted by atomic mass is 19.1. The van der Waals surface area contributed by atoms with Crippen LogP contribution in [0.1, 0.15) is 70.2 Å². The highest BCUT2D eigenvalue weighted by Gasteiger charge is 2.33. The van der Waals surface area contributed by atoms with Crippen molar-refractivity contribution in [2.24, 2.45) is 13.0 Å². The molecule has 1 heterocycles. The molecule has 1 amide bonds. The van der Waals surface area contributed by atoms with E-state index in [-0.39, 0.29) is 24.2 Å². The molecular formula is C24H31FN2O4. The van der Waals surface area contributed by atoms with E-state index >= 15 is 0 Å². The summed E-state index contributed by atoms with van der Waals surface area (Å²) in [6, 6.07) is 4.52. The molecule has 6 nitrogen and oxygen atoms in total. The maximum absolute atomic E-state index is 13.5. The van der Waals surface area contributed by atoms with Gasteiger partial charge in [-0.25, -0.2) is 9.18 Å². The summed E-state index contributed by atoms with van der Waals surface area (Å²) < 4.78 is 20.1. The first-order valence-corrected chi connectivity index (χ1v) is 10.4. The van der Waals surface area contributed by atoms with Crippen molar-refractivity contribution in [1.29, 1.82) is 0 Å². The zero-order valence-corrected chi connectivity index (χ0v) is 19.3. The molecular weight excluding hydrogens is 399 g/mol. The summed E-state index contributed by atoms with van der Waals surface area (Å²) in [5, 5.41) is 0. The molecule has 0 saturated carbocycles. The average Bonchev–Trinajstić information content (AvgIpc) is 2.93. The van der Waals surface area contributed by atoms with Crippen molar-refractivity contribution in [3.05, 3.63) is 58.2 Å². The number of carbonyl (C=O) groups is 3. The minimum atomic E-state index is -0.769. The maximum atomic E-state index is 13.5. The van der Waals surface area contributed by atoms with Gasteiger partial charge in [0.1, 0.15) is 11.5 Å². The van der Waals surface area contributed by atoms with E-state index in [1.165, 1.54) is 29.2 Å². The van der Waals surface area contributed by atoms with E-state index in [2.05, 4.69) is 0 Å². The maximum Gasteiger partial charge on any atom is 0.355 e. The first-order valence-electron chi connectivity index (χ1n) is 10.4. The lowest BCUT2D eigenvalue weighted by Crippen LogP contribution is -2.45. The molecule has 0 bridgehead atoms. The van der Waals surface area contributed by atoms with Gasteiger partial charge < -0.3 is 14.2 Å². The van der Waals surface area contributed by atoms with Crippen LogP contribution < -0.4 is 0 Å². The molecule has 0 N–H and O–H groups in total. The zero-order chi connectivity index (χ0) is 23.5. The molecule has 1 atom stereocenters. The van der Waals surface area contributed by atoms with E-state index in [0.717, 1.165) is 0 Å². The third-order valence-corrected chi connectivity index (χ3v) is 5.41. The van der Waals surface area contributed by atoms with Crippen molar-refractivity contribution in [2.75, 3.05) is 13.2 Å². The summed E-state index contributed by atoms with van der Waals surface area (Å²) in [6.45, 7) is 11.4. The van der Waals surface area contributed by atoms with Gasteiger partial charge in [-0.2, -0.15) is 0 Å². The van der Waals surface area contributed by atoms with Crippen LogP contribution in [0.3, 0.4) is 0 Å². The van der Waals surface area contributed by atoms with E-state index < -0.39 is 17.8 Å². The lowest BCUT2D eigenvalue weighted by molar-refractivity contribution is 0.0513. The van der Waals surface area contributed by atoms with Crippen LogP contribution in [-0.4, -0.2) is 46.3 Å². The quantitative estimate of drug-likeness (QED) is 0.462. The fourth-order valence-corrected chi connectivity index (χ4v) is 3.75. The van der Waals surface area contributed by atoms with Gasteiger partial charge in [0.2, 0.25) is 0 Å². The number of hydrogen-bond acceptors (Lipinski definition) is 4. The number of esters is 1. The third-order valence-electron chi connectivity index (χ3n) is 5.41. The summed E-state index contributed by atoms with van der Waals surface area (Å²) in [4.78, 5) is 40.6. The normalized spacial score (nSPS) is 12.0. The Bertz CT molecular complexity index is 976. The average molecular weight is 431 g/mol. The van der Waals surface area contributed by atoms with Gasteiger partial charge in [0.15, 0.2) is 5.78 Å². The second kappa shape index (κ2) is 9.90. The molecule has 1 aromatic heterocycles. The Kier molecular flexibility index (Phi) is 7.76. The fraction of sp³-hybridized carbons (Fsp3) is 0.458. The summed E-state index contributed by atoms with van der Waals surface area (Å²) in [5.41, 5.74) is 2.23. The van der Waals surface area contributed by atoms with Gasteiger partial charge in [-0.15, -0.1) is 0 Å². The van der Waals surface area contributed by atoms with Crippen molar-refractivity contribution in [3.63, 3.8) is 0 Å². The summed E-state index contributed by atoms with van der Waals surface area (Å²) in [7, 11) is 1.71. The molecule has 0 aliphatic carbocycles. The minimum absolute atomic E-state index is 0.118. The molecule has 1 unspecified atom stereocenters. The summed E-state index contributed by atoms with van der Waals surface area (Å²) in [6.07, 6.45) is 0. The second-order valence-corrected chi connectivity index (χ2v) is 8.11. The molecule has 0 spiro atoms. The van der Waals surface area contributed by atoms with Gasteiger partial charge in [-0.1, -0.05) is 13.8 Å². The van der Waals surface area contributed by atoms with Crippen LogP contribution in [0.15, 0.2) is 24.3 Å². The number of hydrogen-bond donors (Lipinski definition) is 0. The molecule has 1 aromatic carbocycles. The number of nitrogens with zero attached hydrogens (tertiary/aromatic N) is 2. The van der Waals surface area contributed by atoms with Crippen molar-refractivity contribution in [2.45, 2.75) is 47.6 Å². The van der Waals surface area contributed by atoms with Crippen LogP contribution in [0.4, 0.5) is 4.39 Å². The molecule has 0 aliphatic heterocycles. The molecule has 2 aromatic rings. The largest absolute Gasteiger partial charge is 0.461 e. The number of amides is 1. The number of halogens is 1. The van der Waals surface area contributed by atoms with Gasteiger partial charge in [0, 0.05) is 30.4 Å². The monoisotopic (exact) mass is 430 g/mol. The molecule has 0 fully saturated rings. The van der Waals surface area contributed by atoms with E-state index in [4.69, 9.17) is 4.74 Å². The minimum Gasteiger partial charge on any atom is -0.461 e. The lowest BCUT2D eigenvalue weighted by Gasteiger charge is -2.30. The second-order valence-electron chi connectivity index (χ2n) is 8.11. The van der Waals surface area contributed by atoms with E-state index in [1.807, 2.05) is 13.8 Å². The number of benzene rings is 1. The molecule has 0 aliphatic rings. The SMILES string of the molecule is CCOC(=O)c1c(C)c(C(=O)C(C)N(CC(C)C)C(=O)c2ccc(F)cc2)c(C)n1C. The van der Waals surface area contributed by atoms with Gasteiger partial charge in [0.25, 0.3) is 5.91 Å². The first kappa shape index (κ1) is 24.3. The third kappa shape index (κ3) is 5.03. The van der Waals surface area contributed by atoms with Crippen LogP contribution in [0, 0.1) is 25.6 Å². The summed E-state index contributed by atoms with van der Waals surface area (Å²) in [5.74, 6) is -1.40. The Morgan fingerprint density at radius 3 is 2.19 bits per heavy atom. The predicted octanol–water partition coefficient (Wildman–Crippen LogP) is 4.33. The highest BCUT2D eigenvalue weighted by Crippen LogP contribution is 2.25. The Morgan fingerprint density at radius 1 is 1.10 bits per heavy atom. The van der Waals surface area contributed by atoms with Crippen molar-refractivity contribution >= 4 is 17.7 Å². The first-order chi connectivity index (χ1) is 14.5. The van der Waals surface area contributed by atoms with Crippen LogP contribution in [0.5, 0.6) is 0 Å². The molecule has 31 heavy (non-hydrogen) atoms. The van der Waals surface area contributed by atoms with Gasteiger partial charge in [-0.3, -0.25) is 9.59 Å². The number of carbonyl (C=O) groups excluding carboxylic acids is 3. The lowest BCUT2D eigenvalue weighted by atomic mass is 9.98. The Morgan fingerprint density at radius 2 is 1.68 bits per heavy atom. The molecule has 168 valence electrons. The van der Waals surface area contributed by atoms with Crippen LogP contribution in [-0.2, 0) is 11.8 Å². The van der Waals surface area contributed by atoms with E-state index in [9.17, 15) is 18.8 Å². The molecule has 0 radical (unpaired) electrons. The number of rotatable bonds is 8. The van der Waals surface area contributed by atoms with Gasteiger partial charge in [-0.05, 0) is 63.4 Å². The number of aromatic nitrogens is 1. The van der Waals surface area contributed by atoms with Gasteiger partial charge in [0.05, 0.1) is 12.6 Å². The van der Waals surface area contributed by atoms with Crippen LogP contribution in [0.2, 0.25) is 0 Å². The standard InChI is InChI=1S/C24H31FN2O4/c1-8-31-24(30)21-15(4)20(16(5)26(21)7)22(28)17(6)27(13-14(2)3)23(29)18-9-11-19(25)12-10-18/h9-12,14,17H,8,13H2,1-7H3. The van der Waals surface area contributed by atoms with Crippen LogP contribution >= 0.6 is 0 Å². The smallest absolute Gasteiger partial charge is 0.355 e. The predicted molar refractivity (Wildman–Crippen MR) is 117 cm³/mol. The number of ketones is 1. The van der Waals surface area contributed by atoms with Crippen LogP contribution in [0.25, 0.3) is 0 Å². The van der Waals surface area contributed by atoms with E-state index in [1.54, 1.807) is 39.3 Å². The Balaban J connectivity index is 2.46. The zero-order valence-electron chi connectivity index (χ0n) is 19.3. The highest BCUT2D eigenvalue weighted by molar-refractivity contribution is 6.07. The number of Topliss-reactive ketones (excluding diaryl/α,β-unsaturated/α-hetero) is 1. The topological polar surface area (TPSA) is 68.6 Å². The van der Waals surface area contributed by atoms with Gasteiger partial charge >= 0.3 is 5.97 Å². The van der Waals surface area contributed by atoms with Crippen molar-refractivity contribution in [3.8, 4) is 0 Å². The van der Waals surface area contributed by atoms with Crippen molar-refractivity contribution in [1.82, 2.24) is 9.47 Å². The van der Waals surface area contributed by atoms with E-state index in [0.29, 0.717) is 34.6 Å².